The van der Waals surface area contributed by atoms with Crippen LogP contribution in [0, 0.1) is 5.92 Å². The first-order valence-electron chi connectivity index (χ1n) is 6.16. The Bertz CT molecular complexity index is 481. The average molecular weight is 249 g/mol. The molecule has 0 bridgehead atoms. The number of oxazole rings is 1. The summed E-state index contributed by atoms with van der Waals surface area (Å²) < 4.78 is 5.40. The average Bonchev–Trinajstić information content (AvgIpc) is 2.92. The first kappa shape index (κ1) is 11.3. The zero-order valence-electron chi connectivity index (χ0n) is 10.2. The van der Waals surface area contributed by atoms with Gasteiger partial charge in [0.1, 0.15) is 11.5 Å². The van der Waals surface area contributed by atoms with Crippen LogP contribution in [0.4, 0.5) is 0 Å². The Balaban J connectivity index is 1.64. The molecule has 0 atom stereocenters. The summed E-state index contributed by atoms with van der Waals surface area (Å²) in [6.45, 7) is 3.05. The fourth-order valence-electron chi connectivity index (χ4n) is 1.99. The molecular formula is C12H15N3O3. The molecule has 6 nitrogen and oxygen atoms in total. The van der Waals surface area contributed by atoms with Crippen molar-refractivity contribution in [3.05, 3.63) is 17.3 Å². The predicted molar refractivity (Wildman–Crippen MR) is 61.5 cm³/mol. The van der Waals surface area contributed by atoms with Gasteiger partial charge in [0.15, 0.2) is 0 Å². The van der Waals surface area contributed by atoms with E-state index < -0.39 is 0 Å². The van der Waals surface area contributed by atoms with Crippen LogP contribution in [0.3, 0.4) is 0 Å². The van der Waals surface area contributed by atoms with Crippen LogP contribution in [-0.4, -0.2) is 28.2 Å². The molecule has 0 saturated heterocycles. The number of hydrogen-bond acceptors (Lipinski definition) is 4. The number of nitrogens with one attached hydrogen (secondary N) is 1. The van der Waals surface area contributed by atoms with Crippen LogP contribution >= 0.6 is 0 Å². The lowest BCUT2D eigenvalue weighted by Gasteiger charge is -2.10. The summed E-state index contributed by atoms with van der Waals surface area (Å²) in [7, 11) is 0. The molecule has 1 aromatic rings. The van der Waals surface area contributed by atoms with Crippen LogP contribution in [0.5, 0.6) is 0 Å². The molecule has 1 aliphatic carbocycles. The minimum Gasteiger partial charge on any atom is -0.435 e. The quantitative estimate of drug-likeness (QED) is 0.854. The fraction of sp³-hybridized carbons (Fsp3) is 0.583. The van der Waals surface area contributed by atoms with E-state index in [4.69, 9.17) is 4.42 Å². The molecule has 0 aromatic carbocycles. The standard InChI is InChI=1S/C12H15N3O3/c1-7(16)15-5-9-10(6-15)18-12(14-9)11(17)13-4-8-2-3-8/h8H,2-6H2,1H3,(H,13,17). The van der Waals surface area contributed by atoms with Gasteiger partial charge in [0, 0.05) is 13.5 Å². The predicted octanol–water partition coefficient (Wildman–Crippen LogP) is 0.676. The molecular weight excluding hydrogens is 234 g/mol. The maximum Gasteiger partial charge on any atom is 0.307 e. The van der Waals surface area contributed by atoms with E-state index in [1.165, 1.54) is 19.8 Å². The maximum absolute atomic E-state index is 11.7. The number of rotatable bonds is 3. The van der Waals surface area contributed by atoms with Crippen molar-refractivity contribution >= 4 is 11.8 Å². The van der Waals surface area contributed by atoms with Crippen molar-refractivity contribution in [3.63, 3.8) is 0 Å². The van der Waals surface area contributed by atoms with E-state index in [0.29, 0.717) is 37.0 Å². The van der Waals surface area contributed by atoms with Gasteiger partial charge in [-0.05, 0) is 18.8 Å². The lowest BCUT2D eigenvalue weighted by molar-refractivity contribution is -0.129. The third kappa shape index (κ3) is 2.10. The van der Waals surface area contributed by atoms with Crippen molar-refractivity contribution in [3.8, 4) is 0 Å². The van der Waals surface area contributed by atoms with E-state index in [2.05, 4.69) is 10.3 Å². The van der Waals surface area contributed by atoms with Crippen LogP contribution in [0.15, 0.2) is 4.42 Å². The van der Waals surface area contributed by atoms with Crippen molar-refractivity contribution in [2.24, 2.45) is 5.92 Å². The highest BCUT2D eigenvalue weighted by molar-refractivity contribution is 5.89. The van der Waals surface area contributed by atoms with Gasteiger partial charge in [0.2, 0.25) is 5.91 Å². The summed E-state index contributed by atoms with van der Waals surface area (Å²) in [5.74, 6) is 1.10. The highest BCUT2D eigenvalue weighted by Gasteiger charge is 2.29. The monoisotopic (exact) mass is 249 g/mol. The van der Waals surface area contributed by atoms with Gasteiger partial charge in [-0.25, -0.2) is 4.98 Å². The van der Waals surface area contributed by atoms with Crippen LogP contribution in [0.2, 0.25) is 0 Å². The van der Waals surface area contributed by atoms with Gasteiger partial charge < -0.3 is 14.6 Å². The van der Waals surface area contributed by atoms with E-state index >= 15 is 0 Å². The van der Waals surface area contributed by atoms with E-state index in [1.807, 2.05) is 0 Å². The molecule has 1 aliphatic heterocycles. The molecule has 6 heteroatoms. The van der Waals surface area contributed by atoms with Crippen LogP contribution < -0.4 is 5.32 Å². The van der Waals surface area contributed by atoms with Gasteiger partial charge in [0.25, 0.3) is 5.89 Å². The van der Waals surface area contributed by atoms with Gasteiger partial charge >= 0.3 is 5.91 Å². The number of carbonyl (C=O) groups is 2. The second kappa shape index (κ2) is 4.12. The number of amides is 2. The van der Waals surface area contributed by atoms with Crippen molar-refractivity contribution in [2.45, 2.75) is 32.9 Å². The molecule has 1 fully saturated rings. The normalized spacial score (nSPS) is 17.7. The number of carbonyl (C=O) groups excluding carboxylic acids is 2. The van der Waals surface area contributed by atoms with E-state index in [1.54, 1.807) is 4.90 Å². The van der Waals surface area contributed by atoms with Crippen molar-refractivity contribution in [1.29, 1.82) is 0 Å². The van der Waals surface area contributed by atoms with Crippen molar-refractivity contribution in [1.82, 2.24) is 15.2 Å². The molecule has 0 spiro atoms. The number of hydrogen-bond donors (Lipinski definition) is 1. The molecule has 3 rings (SSSR count). The Kier molecular flexibility index (Phi) is 2.57. The summed E-state index contributed by atoms with van der Waals surface area (Å²) in [5, 5.41) is 2.81. The van der Waals surface area contributed by atoms with Gasteiger partial charge in [-0.1, -0.05) is 0 Å². The summed E-state index contributed by atoms with van der Waals surface area (Å²) >= 11 is 0. The third-order valence-electron chi connectivity index (χ3n) is 3.34. The summed E-state index contributed by atoms with van der Waals surface area (Å²) in [4.78, 5) is 28.7. The molecule has 2 aliphatic rings. The molecule has 18 heavy (non-hydrogen) atoms. The Labute approximate surface area is 104 Å². The first-order chi connectivity index (χ1) is 8.63. The Hall–Kier alpha value is -1.85. The van der Waals surface area contributed by atoms with Gasteiger partial charge in [-0.15, -0.1) is 0 Å². The van der Waals surface area contributed by atoms with Gasteiger partial charge in [-0.2, -0.15) is 0 Å². The molecule has 1 aromatic heterocycles. The largest absolute Gasteiger partial charge is 0.435 e. The molecule has 1 saturated carbocycles. The number of aromatic nitrogens is 1. The van der Waals surface area contributed by atoms with Crippen LogP contribution in [-0.2, 0) is 17.9 Å². The highest BCUT2D eigenvalue weighted by Crippen LogP contribution is 2.28. The van der Waals surface area contributed by atoms with Crippen molar-refractivity contribution < 1.29 is 14.0 Å². The van der Waals surface area contributed by atoms with E-state index in [-0.39, 0.29) is 17.7 Å². The zero-order valence-corrected chi connectivity index (χ0v) is 10.2. The smallest absolute Gasteiger partial charge is 0.307 e. The highest BCUT2D eigenvalue weighted by atomic mass is 16.4. The Morgan fingerprint density at radius 1 is 1.44 bits per heavy atom. The van der Waals surface area contributed by atoms with Crippen LogP contribution in [0.1, 0.15) is 41.9 Å². The SMILES string of the molecule is CC(=O)N1Cc2nc(C(=O)NCC3CC3)oc2C1. The van der Waals surface area contributed by atoms with E-state index in [0.717, 1.165) is 0 Å². The summed E-state index contributed by atoms with van der Waals surface area (Å²) in [6.07, 6.45) is 2.38. The zero-order chi connectivity index (χ0) is 12.7. The van der Waals surface area contributed by atoms with Gasteiger partial charge in [-0.3, -0.25) is 9.59 Å². The maximum atomic E-state index is 11.7. The van der Waals surface area contributed by atoms with Crippen molar-refractivity contribution in [2.75, 3.05) is 6.54 Å². The summed E-state index contributed by atoms with van der Waals surface area (Å²) in [6, 6.07) is 0. The molecule has 0 unspecified atom stereocenters. The first-order valence-corrected chi connectivity index (χ1v) is 6.16. The second-order valence-corrected chi connectivity index (χ2v) is 4.92. The number of fused-ring (bicyclic) bond motifs is 1. The Morgan fingerprint density at radius 3 is 2.83 bits per heavy atom. The third-order valence-corrected chi connectivity index (χ3v) is 3.34. The molecule has 0 radical (unpaired) electrons. The summed E-state index contributed by atoms with van der Waals surface area (Å²) in [5.41, 5.74) is 0.696. The lowest BCUT2D eigenvalue weighted by atomic mass is 10.4. The molecule has 96 valence electrons. The van der Waals surface area contributed by atoms with Crippen LogP contribution in [0.25, 0.3) is 0 Å². The van der Waals surface area contributed by atoms with Gasteiger partial charge in [0.05, 0.1) is 13.1 Å². The molecule has 2 amide bonds. The minimum atomic E-state index is -0.259. The Morgan fingerprint density at radius 2 is 2.22 bits per heavy atom. The molecule has 1 N–H and O–H groups in total. The lowest BCUT2D eigenvalue weighted by Crippen LogP contribution is -2.26. The fourth-order valence-corrected chi connectivity index (χ4v) is 1.99. The molecule has 2 heterocycles. The minimum absolute atomic E-state index is 0.0112. The van der Waals surface area contributed by atoms with E-state index in [9.17, 15) is 9.59 Å². The number of nitrogens with zero attached hydrogens (tertiary/aromatic N) is 2. The second-order valence-electron chi connectivity index (χ2n) is 4.92. The topological polar surface area (TPSA) is 75.4 Å².